The molecule has 2 aliphatic rings. The van der Waals surface area contributed by atoms with E-state index in [4.69, 9.17) is 0 Å². The van der Waals surface area contributed by atoms with Gasteiger partial charge in [0, 0.05) is 38.1 Å². The highest BCUT2D eigenvalue weighted by atomic mass is 16.1. The van der Waals surface area contributed by atoms with Crippen LogP contribution in [-0.2, 0) is 13.0 Å². The van der Waals surface area contributed by atoms with Gasteiger partial charge >= 0.3 is 0 Å². The Morgan fingerprint density at radius 1 is 1.56 bits per heavy atom. The summed E-state index contributed by atoms with van der Waals surface area (Å²) in [4.78, 5) is 11.9. The normalized spacial score (nSPS) is 21.9. The predicted octanol–water partition coefficient (Wildman–Crippen LogP) is 1.17. The van der Waals surface area contributed by atoms with Crippen molar-refractivity contribution >= 4 is 11.5 Å². The Hall–Kier alpha value is -1.55. The molecule has 1 amide bonds. The number of amides is 1. The van der Waals surface area contributed by atoms with Gasteiger partial charge in [0.2, 0.25) is 0 Å². The van der Waals surface area contributed by atoms with E-state index >= 15 is 0 Å². The van der Waals surface area contributed by atoms with Crippen LogP contribution in [0, 0.1) is 0 Å². The van der Waals surface area contributed by atoms with Gasteiger partial charge in [-0.05, 0) is 30.9 Å². The molecule has 0 fully saturated rings. The van der Waals surface area contributed by atoms with Gasteiger partial charge in [-0.1, -0.05) is 6.08 Å². The van der Waals surface area contributed by atoms with Crippen molar-refractivity contribution in [3.05, 3.63) is 29.1 Å². The van der Waals surface area contributed by atoms with Crippen LogP contribution in [0.2, 0.25) is 0 Å². The largest absolute Gasteiger partial charge is 0.355 e. The molecule has 0 saturated heterocycles. The zero-order valence-corrected chi connectivity index (χ0v) is 10.9. The Labute approximate surface area is 107 Å². The molecule has 0 radical (unpaired) electrons. The number of carbonyl (C=O) groups is 1. The highest BCUT2D eigenvalue weighted by Crippen LogP contribution is 2.33. The van der Waals surface area contributed by atoms with Crippen molar-refractivity contribution < 1.29 is 4.79 Å². The van der Waals surface area contributed by atoms with E-state index in [2.05, 4.69) is 28.2 Å². The summed E-state index contributed by atoms with van der Waals surface area (Å²) in [5.41, 5.74) is 4.70. The lowest BCUT2D eigenvalue weighted by atomic mass is 9.91. The second-order valence-corrected chi connectivity index (χ2v) is 5.02. The molecule has 1 atom stereocenters. The van der Waals surface area contributed by atoms with Gasteiger partial charge in [0.1, 0.15) is 0 Å². The van der Waals surface area contributed by atoms with E-state index in [9.17, 15) is 4.79 Å². The molecule has 2 heterocycles. The quantitative estimate of drug-likeness (QED) is 0.780. The summed E-state index contributed by atoms with van der Waals surface area (Å²) < 4.78 is 2.24. The Morgan fingerprint density at radius 3 is 3.17 bits per heavy atom. The zero-order chi connectivity index (χ0) is 12.7. The lowest BCUT2D eigenvalue weighted by molar-refractivity contribution is 0.0962. The second kappa shape index (κ2) is 4.28. The van der Waals surface area contributed by atoms with E-state index in [1.165, 1.54) is 16.8 Å². The maximum atomic E-state index is 11.9. The maximum absolute atomic E-state index is 11.9. The lowest BCUT2D eigenvalue weighted by Crippen LogP contribution is -2.28. The highest BCUT2D eigenvalue weighted by molar-refractivity contribution is 5.97. The predicted molar refractivity (Wildman–Crippen MR) is 71.6 cm³/mol. The Kier molecular flexibility index (Phi) is 2.74. The third-order valence-corrected chi connectivity index (χ3v) is 3.96. The molecule has 0 spiro atoms. The molecule has 96 valence electrons. The molecule has 1 aromatic heterocycles. The minimum absolute atomic E-state index is 0.0347. The van der Waals surface area contributed by atoms with E-state index in [-0.39, 0.29) is 5.91 Å². The van der Waals surface area contributed by atoms with Crippen molar-refractivity contribution in [2.45, 2.75) is 32.4 Å². The molecule has 18 heavy (non-hydrogen) atoms. The molecule has 0 aromatic carbocycles. The summed E-state index contributed by atoms with van der Waals surface area (Å²) in [5, 5.41) is 6.26. The van der Waals surface area contributed by atoms with Crippen molar-refractivity contribution in [1.82, 2.24) is 15.2 Å². The van der Waals surface area contributed by atoms with Gasteiger partial charge in [0.15, 0.2) is 0 Å². The standard InChI is InChI=1S/C14H19N3O/c1-9-10-4-3-5-11-12(14(18)15-2)8-17(13(10)11)7-6-16-9/h4,8-9,16H,3,5-7H2,1-2H3,(H,15,18). The van der Waals surface area contributed by atoms with Crippen molar-refractivity contribution in [3.63, 3.8) is 0 Å². The number of rotatable bonds is 1. The van der Waals surface area contributed by atoms with Crippen LogP contribution in [0.5, 0.6) is 0 Å². The fourth-order valence-electron chi connectivity index (χ4n) is 3.06. The fraction of sp³-hybridized carbons (Fsp3) is 0.500. The van der Waals surface area contributed by atoms with E-state index in [1.807, 2.05) is 6.20 Å². The van der Waals surface area contributed by atoms with Crippen LogP contribution < -0.4 is 10.6 Å². The van der Waals surface area contributed by atoms with Crippen LogP contribution in [0.1, 0.15) is 35.0 Å². The molecular formula is C14H19N3O. The van der Waals surface area contributed by atoms with E-state index in [0.717, 1.165) is 31.5 Å². The average Bonchev–Trinajstić information content (AvgIpc) is 2.68. The molecule has 1 aliphatic carbocycles. The van der Waals surface area contributed by atoms with Crippen molar-refractivity contribution in [2.75, 3.05) is 13.6 Å². The summed E-state index contributed by atoms with van der Waals surface area (Å²) in [7, 11) is 1.70. The monoisotopic (exact) mass is 245 g/mol. The summed E-state index contributed by atoms with van der Waals surface area (Å²) in [5.74, 6) is 0.0347. The SMILES string of the molecule is CNC(=O)c1cn2c3c1CCC=C3C(C)NCC2. The van der Waals surface area contributed by atoms with Crippen molar-refractivity contribution in [2.24, 2.45) is 0 Å². The number of nitrogens with one attached hydrogen (secondary N) is 2. The van der Waals surface area contributed by atoms with Gasteiger partial charge in [-0.2, -0.15) is 0 Å². The summed E-state index contributed by atoms with van der Waals surface area (Å²) in [6, 6.07) is 0.373. The van der Waals surface area contributed by atoms with Gasteiger partial charge < -0.3 is 15.2 Å². The summed E-state index contributed by atoms with van der Waals surface area (Å²) in [6.45, 7) is 4.08. The first-order valence-electron chi connectivity index (χ1n) is 6.60. The van der Waals surface area contributed by atoms with Crippen molar-refractivity contribution in [1.29, 1.82) is 0 Å². The van der Waals surface area contributed by atoms with Crippen LogP contribution in [0.4, 0.5) is 0 Å². The molecule has 0 saturated carbocycles. The Morgan fingerprint density at radius 2 is 2.39 bits per heavy atom. The molecule has 3 rings (SSSR count). The Bertz CT molecular complexity index is 527. The smallest absolute Gasteiger partial charge is 0.252 e. The molecule has 2 N–H and O–H groups in total. The van der Waals surface area contributed by atoms with E-state index in [1.54, 1.807) is 7.05 Å². The third-order valence-electron chi connectivity index (χ3n) is 3.96. The van der Waals surface area contributed by atoms with E-state index < -0.39 is 0 Å². The molecule has 1 aromatic rings. The molecule has 4 heteroatoms. The van der Waals surface area contributed by atoms with Crippen LogP contribution in [0.15, 0.2) is 12.3 Å². The Balaban J connectivity index is 2.17. The number of hydrogen-bond acceptors (Lipinski definition) is 2. The van der Waals surface area contributed by atoms with Gasteiger partial charge in [-0.3, -0.25) is 4.79 Å². The number of nitrogens with zero attached hydrogens (tertiary/aromatic N) is 1. The van der Waals surface area contributed by atoms with Gasteiger partial charge in [-0.15, -0.1) is 0 Å². The van der Waals surface area contributed by atoms with Gasteiger partial charge in [0.05, 0.1) is 5.56 Å². The summed E-state index contributed by atoms with van der Waals surface area (Å²) >= 11 is 0. The van der Waals surface area contributed by atoms with Gasteiger partial charge in [0.25, 0.3) is 5.91 Å². The van der Waals surface area contributed by atoms with E-state index in [0.29, 0.717) is 6.04 Å². The van der Waals surface area contributed by atoms with Crippen LogP contribution >= 0.6 is 0 Å². The molecule has 1 aliphatic heterocycles. The maximum Gasteiger partial charge on any atom is 0.252 e. The lowest BCUT2D eigenvalue weighted by Gasteiger charge is -2.20. The first-order chi connectivity index (χ1) is 8.72. The number of carbonyl (C=O) groups excluding carboxylic acids is 1. The summed E-state index contributed by atoms with van der Waals surface area (Å²) in [6.07, 6.45) is 6.33. The highest BCUT2D eigenvalue weighted by Gasteiger charge is 2.28. The first-order valence-corrected chi connectivity index (χ1v) is 6.60. The minimum Gasteiger partial charge on any atom is -0.355 e. The fourth-order valence-corrected chi connectivity index (χ4v) is 3.06. The number of allylic oxidation sites excluding steroid dienone is 1. The van der Waals surface area contributed by atoms with Crippen LogP contribution in [-0.4, -0.2) is 30.1 Å². The molecule has 0 bridgehead atoms. The van der Waals surface area contributed by atoms with Crippen LogP contribution in [0.25, 0.3) is 5.57 Å². The number of aromatic nitrogens is 1. The van der Waals surface area contributed by atoms with Gasteiger partial charge in [-0.25, -0.2) is 0 Å². The molecular weight excluding hydrogens is 226 g/mol. The first kappa shape index (κ1) is 11.5. The number of hydrogen-bond donors (Lipinski definition) is 2. The molecule has 4 nitrogen and oxygen atoms in total. The minimum atomic E-state index is 0.0347. The van der Waals surface area contributed by atoms with Crippen molar-refractivity contribution in [3.8, 4) is 0 Å². The third kappa shape index (κ3) is 1.60. The topological polar surface area (TPSA) is 46.1 Å². The molecule has 1 unspecified atom stereocenters. The second-order valence-electron chi connectivity index (χ2n) is 5.02. The zero-order valence-electron chi connectivity index (χ0n) is 10.9. The average molecular weight is 245 g/mol. The van der Waals surface area contributed by atoms with Crippen LogP contribution in [0.3, 0.4) is 0 Å².